The second-order valence-electron chi connectivity index (χ2n) is 16.9. The maximum atomic E-state index is 2.55. The van der Waals surface area contributed by atoms with Gasteiger partial charge in [-0.2, -0.15) is 0 Å². The van der Waals surface area contributed by atoms with Crippen molar-refractivity contribution >= 4 is 48.5 Å². The summed E-state index contributed by atoms with van der Waals surface area (Å²) < 4.78 is 2.69. The Morgan fingerprint density at radius 1 is 0.667 bits per heavy atom. The molecule has 264 valence electrons. The van der Waals surface area contributed by atoms with Gasteiger partial charge in [0.25, 0.3) is 0 Å². The van der Waals surface area contributed by atoms with E-state index in [9.17, 15) is 0 Å². The van der Waals surface area contributed by atoms with Gasteiger partial charge in [0, 0.05) is 72.2 Å². The van der Waals surface area contributed by atoms with Gasteiger partial charge in [0.2, 0.25) is 0 Å². The first kappa shape index (κ1) is 32.3. The molecule has 0 spiro atoms. The molecule has 0 amide bonds. The number of nitrogens with zero attached hydrogens (tertiary/aromatic N) is 1. The van der Waals surface area contributed by atoms with Crippen molar-refractivity contribution in [3.8, 4) is 0 Å². The molecule has 3 aromatic carbocycles. The fraction of sp³-hybridized carbons (Fsp3) is 0.231. The van der Waals surface area contributed by atoms with Crippen LogP contribution in [0.2, 0.25) is 0 Å². The van der Waals surface area contributed by atoms with Crippen LogP contribution in [0.4, 0.5) is 11.4 Å². The normalized spacial score (nSPS) is 28.4. The molecular formula is C52H45NS. The van der Waals surface area contributed by atoms with Gasteiger partial charge in [-0.1, -0.05) is 147 Å². The number of benzene rings is 3. The van der Waals surface area contributed by atoms with Crippen molar-refractivity contribution in [1.29, 1.82) is 0 Å². The molecule has 4 aromatic rings. The topological polar surface area (TPSA) is 3.24 Å². The smallest absolute Gasteiger partial charge is 0.0465 e. The summed E-state index contributed by atoms with van der Waals surface area (Å²) in [6.07, 6.45) is 38.0. The summed E-state index contributed by atoms with van der Waals surface area (Å²) in [6.45, 7) is 7.23. The van der Waals surface area contributed by atoms with E-state index in [0.29, 0.717) is 35.5 Å². The predicted molar refractivity (Wildman–Crippen MR) is 231 cm³/mol. The number of rotatable bonds is 4. The van der Waals surface area contributed by atoms with Crippen molar-refractivity contribution in [1.82, 2.24) is 0 Å². The largest absolute Gasteiger partial charge is 0.314 e. The lowest BCUT2D eigenvalue weighted by Crippen LogP contribution is -2.25. The van der Waals surface area contributed by atoms with E-state index in [1.807, 2.05) is 11.3 Å². The van der Waals surface area contributed by atoms with E-state index in [4.69, 9.17) is 0 Å². The van der Waals surface area contributed by atoms with Crippen molar-refractivity contribution in [2.45, 2.75) is 33.6 Å². The molecule has 1 heterocycles. The minimum atomic E-state index is 0.0735. The third-order valence-electron chi connectivity index (χ3n) is 13.4. The van der Waals surface area contributed by atoms with Crippen LogP contribution in [-0.4, -0.2) is 0 Å². The molecule has 7 aliphatic rings. The number of hydrogen-bond donors (Lipinski definition) is 0. The Morgan fingerprint density at radius 3 is 2.28 bits per heavy atom. The highest BCUT2D eigenvalue weighted by molar-refractivity contribution is 7.25. The lowest BCUT2D eigenvalue weighted by molar-refractivity contribution is 0.521. The highest BCUT2D eigenvalue weighted by atomic mass is 32.1. The van der Waals surface area contributed by atoms with E-state index in [1.54, 1.807) is 16.7 Å². The molecular weight excluding hydrogens is 671 g/mol. The first-order chi connectivity index (χ1) is 26.4. The number of fused-ring (bicyclic) bond motifs is 9. The number of thiophene rings is 1. The average molecular weight is 716 g/mol. The summed E-state index contributed by atoms with van der Waals surface area (Å²) in [6, 6.07) is 25.4. The number of anilines is 2. The summed E-state index contributed by atoms with van der Waals surface area (Å²) in [5, 5.41) is 2.68. The Morgan fingerprint density at radius 2 is 1.41 bits per heavy atom. The molecule has 7 aliphatic carbocycles. The molecule has 6 atom stereocenters. The molecule has 0 aliphatic heterocycles. The standard InChI is InChI=1S/C52H45NS/c1-32-12-25-48-45(28-32)46-30-38(21-26-49(46)52(48,2)3)53(39-22-27-51-47(31-39)43-10-6-7-11-50(43)54-51)37-19-15-33(16-20-37)36-14-13-35-18-23-41-40-9-5-4-8-34(40)17-24-42(41)44(35)29-36/h4-27,29,31-32,34-35,40,44,46H,28,30H2,1-3H3. The van der Waals surface area contributed by atoms with Crippen molar-refractivity contribution in [3.05, 3.63) is 197 Å². The van der Waals surface area contributed by atoms with E-state index in [0.717, 1.165) is 12.8 Å². The van der Waals surface area contributed by atoms with Crippen molar-refractivity contribution in [3.63, 3.8) is 0 Å². The van der Waals surface area contributed by atoms with Crippen molar-refractivity contribution in [2.75, 3.05) is 4.90 Å². The second-order valence-corrected chi connectivity index (χ2v) is 18.0. The Kier molecular flexibility index (Phi) is 7.27. The van der Waals surface area contributed by atoms with Crippen LogP contribution >= 0.6 is 11.3 Å². The fourth-order valence-corrected chi connectivity index (χ4v) is 11.7. The SMILES string of the molecule is CC1C=CC2=C(C1)C1CC(N(c3ccc(C4=CC5C6=C(C=CC5C=C4)C4C=CC=CC4C=C6)cc3)c3ccc4sc5ccccc5c4c3)=CC=C1C2(C)C. The highest BCUT2D eigenvalue weighted by Gasteiger charge is 2.45. The molecule has 1 aromatic heterocycles. The fourth-order valence-electron chi connectivity index (χ4n) is 10.7. The molecule has 54 heavy (non-hydrogen) atoms. The van der Waals surface area contributed by atoms with Gasteiger partial charge in [0.05, 0.1) is 0 Å². The number of allylic oxidation sites excluding steroid dienone is 22. The average Bonchev–Trinajstić information content (AvgIpc) is 3.68. The van der Waals surface area contributed by atoms with Crippen LogP contribution in [-0.2, 0) is 0 Å². The summed E-state index contributed by atoms with van der Waals surface area (Å²) in [5.41, 5.74) is 14.2. The van der Waals surface area contributed by atoms with E-state index in [2.05, 4.69) is 184 Å². The Hall–Kier alpha value is -5.18. The predicted octanol–water partition coefficient (Wildman–Crippen LogP) is 13.9. The van der Waals surface area contributed by atoms with Crippen LogP contribution in [0.5, 0.6) is 0 Å². The Balaban J connectivity index is 0.978. The highest BCUT2D eigenvalue weighted by Crippen LogP contribution is 2.57. The van der Waals surface area contributed by atoms with Gasteiger partial charge in [-0.15, -0.1) is 11.3 Å². The molecule has 1 nitrogen and oxygen atoms in total. The molecule has 0 saturated heterocycles. The Labute approximate surface area is 323 Å². The van der Waals surface area contributed by atoms with Gasteiger partial charge in [-0.3, -0.25) is 0 Å². The van der Waals surface area contributed by atoms with Gasteiger partial charge in [-0.05, 0) is 89.1 Å². The molecule has 0 radical (unpaired) electrons. The summed E-state index contributed by atoms with van der Waals surface area (Å²) in [5.74, 6) is 2.73. The van der Waals surface area contributed by atoms with Crippen LogP contribution in [0.1, 0.15) is 39.2 Å². The molecule has 0 saturated carbocycles. The Bertz CT molecular complexity index is 2610. The van der Waals surface area contributed by atoms with E-state index >= 15 is 0 Å². The van der Waals surface area contributed by atoms with Crippen molar-refractivity contribution < 1.29 is 0 Å². The lowest BCUT2D eigenvalue weighted by Gasteiger charge is -2.37. The zero-order chi connectivity index (χ0) is 36.1. The summed E-state index contributed by atoms with van der Waals surface area (Å²) >= 11 is 1.89. The third kappa shape index (κ3) is 4.96. The van der Waals surface area contributed by atoms with E-state index < -0.39 is 0 Å². The first-order valence-electron chi connectivity index (χ1n) is 19.9. The van der Waals surface area contributed by atoms with Gasteiger partial charge < -0.3 is 4.90 Å². The van der Waals surface area contributed by atoms with Crippen LogP contribution in [0.15, 0.2) is 191 Å². The van der Waals surface area contributed by atoms with Crippen LogP contribution in [0, 0.1) is 40.9 Å². The maximum absolute atomic E-state index is 2.55. The quantitative estimate of drug-likeness (QED) is 0.203. The van der Waals surface area contributed by atoms with Crippen LogP contribution in [0.3, 0.4) is 0 Å². The minimum Gasteiger partial charge on any atom is -0.314 e. The van der Waals surface area contributed by atoms with E-state index in [1.165, 1.54) is 59.5 Å². The second kappa shape index (κ2) is 12.2. The molecule has 0 fully saturated rings. The zero-order valence-corrected chi connectivity index (χ0v) is 32.1. The lowest BCUT2D eigenvalue weighted by atomic mass is 9.67. The molecule has 2 heteroatoms. The monoisotopic (exact) mass is 715 g/mol. The molecule has 0 N–H and O–H groups in total. The number of hydrogen-bond acceptors (Lipinski definition) is 2. The van der Waals surface area contributed by atoms with Crippen LogP contribution < -0.4 is 4.90 Å². The van der Waals surface area contributed by atoms with E-state index in [-0.39, 0.29) is 5.41 Å². The van der Waals surface area contributed by atoms with Gasteiger partial charge in [-0.25, -0.2) is 0 Å². The van der Waals surface area contributed by atoms with Gasteiger partial charge in [0.1, 0.15) is 0 Å². The third-order valence-corrected chi connectivity index (χ3v) is 14.6. The van der Waals surface area contributed by atoms with Crippen molar-refractivity contribution in [2.24, 2.45) is 40.9 Å². The van der Waals surface area contributed by atoms with Crippen LogP contribution in [0.25, 0.3) is 25.7 Å². The summed E-state index contributed by atoms with van der Waals surface area (Å²) in [7, 11) is 0. The minimum absolute atomic E-state index is 0.0735. The maximum Gasteiger partial charge on any atom is 0.0465 e. The van der Waals surface area contributed by atoms with Gasteiger partial charge >= 0.3 is 0 Å². The zero-order valence-electron chi connectivity index (χ0n) is 31.2. The molecule has 11 rings (SSSR count). The summed E-state index contributed by atoms with van der Waals surface area (Å²) in [4.78, 5) is 2.55. The first-order valence-corrected chi connectivity index (χ1v) is 20.7. The molecule has 6 unspecified atom stereocenters. The molecule has 0 bridgehead atoms. The van der Waals surface area contributed by atoms with Gasteiger partial charge in [0.15, 0.2) is 0 Å².